The van der Waals surface area contributed by atoms with E-state index < -0.39 is 0 Å². The number of amides is 2. The van der Waals surface area contributed by atoms with E-state index in [-0.39, 0.29) is 24.7 Å². The number of hydrogen-bond donors (Lipinski definition) is 2. The van der Waals surface area contributed by atoms with Crippen molar-refractivity contribution in [1.29, 1.82) is 0 Å². The van der Waals surface area contributed by atoms with E-state index in [2.05, 4.69) is 21.1 Å². The van der Waals surface area contributed by atoms with Crippen molar-refractivity contribution in [2.24, 2.45) is 10.2 Å². The third kappa shape index (κ3) is 10.8. The molecule has 6 nitrogen and oxygen atoms in total. The van der Waals surface area contributed by atoms with Crippen molar-refractivity contribution >= 4 is 24.2 Å². The van der Waals surface area contributed by atoms with Crippen LogP contribution in [0.2, 0.25) is 0 Å². The Morgan fingerprint density at radius 1 is 0.889 bits per heavy atom. The summed E-state index contributed by atoms with van der Waals surface area (Å²) >= 11 is 0. The Morgan fingerprint density at radius 3 is 1.61 bits per heavy atom. The number of unbranched alkanes of at least 4 members (excludes halogenated alkanes) is 2. The predicted molar refractivity (Wildman–Crippen MR) is 72.3 cm³/mol. The molecule has 0 radical (unpaired) electrons. The van der Waals surface area contributed by atoms with Crippen molar-refractivity contribution in [1.82, 2.24) is 10.9 Å². The van der Waals surface area contributed by atoms with Crippen LogP contribution in [0.4, 0.5) is 0 Å². The van der Waals surface area contributed by atoms with Crippen LogP contribution in [0.25, 0.3) is 0 Å². The van der Waals surface area contributed by atoms with Gasteiger partial charge in [-0.3, -0.25) is 9.59 Å². The molecule has 0 spiro atoms. The molecule has 102 valence electrons. The van der Waals surface area contributed by atoms with E-state index in [1.54, 1.807) is 12.4 Å². The zero-order chi connectivity index (χ0) is 13.6. The lowest BCUT2D eigenvalue weighted by molar-refractivity contribution is -0.126. The zero-order valence-corrected chi connectivity index (χ0v) is 11.1. The van der Waals surface area contributed by atoms with Gasteiger partial charge in [0.1, 0.15) is 0 Å². The fourth-order valence-electron chi connectivity index (χ4n) is 0.961. The Labute approximate surface area is 108 Å². The number of hydrogen-bond acceptors (Lipinski definition) is 4. The molecule has 0 aliphatic heterocycles. The van der Waals surface area contributed by atoms with Crippen LogP contribution >= 0.6 is 0 Å². The largest absolute Gasteiger partial charge is 0.273 e. The quantitative estimate of drug-likeness (QED) is 0.483. The lowest BCUT2D eigenvalue weighted by atomic mass is 10.3. The average molecular weight is 254 g/mol. The summed E-state index contributed by atoms with van der Waals surface area (Å²) in [6, 6.07) is 0. The molecular weight excluding hydrogens is 232 g/mol. The zero-order valence-electron chi connectivity index (χ0n) is 11.1. The summed E-state index contributed by atoms with van der Waals surface area (Å²) in [6.07, 6.45) is 7.13. The molecule has 6 heteroatoms. The molecule has 0 rings (SSSR count). The highest BCUT2D eigenvalue weighted by molar-refractivity contribution is 5.84. The van der Waals surface area contributed by atoms with Gasteiger partial charge in [-0.1, -0.05) is 26.7 Å². The molecule has 18 heavy (non-hydrogen) atoms. The fraction of sp³-hybridized carbons (Fsp3) is 0.667. The van der Waals surface area contributed by atoms with Crippen molar-refractivity contribution in [2.75, 3.05) is 0 Å². The minimum Gasteiger partial charge on any atom is -0.273 e. The maximum Gasteiger partial charge on any atom is 0.240 e. The molecule has 0 fully saturated rings. The summed E-state index contributed by atoms with van der Waals surface area (Å²) in [5, 5.41) is 7.48. The summed E-state index contributed by atoms with van der Waals surface area (Å²) in [5.41, 5.74) is 4.72. The van der Waals surface area contributed by atoms with E-state index >= 15 is 0 Å². The predicted octanol–water partition coefficient (Wildman–Crippen LogP) is 1.57. The molecule has 2 N–H and O–H groups in total. The van der Waals surface area contributed by atoms with Crippen molar-refractivity contribution in [3.63, 3.8) is 0 Å². The number of nitrogens with one attached hydrogen (secondary N) is 2. The second kappa shape index (κ2) is 11.8. The van der Waals surface area contributed by atoms with Crippen molar-refractivity contribution in [2.45, 2.75) is 52.4 Å². The first-order valence-electron chi connectivity index (χ1n) is 6.31. The Morgan fingerprint density at radius 2 is 1.28 bits per heavy atom. The first-order valence-corrected chi connectivity index (χ1v) is 6.31. The van der Waals surface area contributed by atoms with Gasteiger partial charge in [0, 0.05) is 25.3 Å². The summed E-state index contributed by atoms with van der Waals surface area (Å²) in [5.74, 6) is -0.537. The molecule has 0 atom stereocenters. The smallest absolute Gasteiger partial charge is 0.240 e. The number of carbonyl (C=O) groups excluding carboxylic acids is 2. The summed E-state index contributed by atoms with van der Waals surface area (Å²) in [6.45, 7) is 4.05. The first-order chi connectivity index (χ1) is 8.70. The maximum atomic E-state index is 11.2. The Hall–Kier alpha value is -1.72. The molecule has 0 aliphatic rings. The molecule has 2 amide bonds. The van der Waals surface area contributed by atoms with Gasteiger partial charge in [-0.2, -0.15) is 10.2 Å². The molecule has 0 aromatic rings. The highest BCUT2D eigenvalue weighted by atomic mass is 16.2. The minimum atomic E-state index is -0.268. The van der Waals surface area contributed by atoms with Gasteiger partial charge in [0.2, 0.25) is 11.8 Å². The standard InChI is InChI=1S/C12H22N4O2/c1-3-5-9-13-15-11(17)7-8-12(18)16-14-10-6-4-2/h9-10H,3-8H2,1-2H3,(H,15,17)(H,16,18)/b13-9-,14-10-. The van der Waals surface area contributed by atoms with Gasteiger partial charge in [-0.15, -0.1) is 0 Å². The van der Waals surface area contributed by atoms with Gasteiger partial charge in [0.25, 0.3) is 0 Å². The van der Waals surface area contributed by atoms with E-state index in [1.165, 1.54) is 0 Å². The van der Waals surface area contributed by atoms with E-state index in [4.69, 9.17) is 0 Å². The first kappa shape index (κ1) is 16.3. The number of carbonyl (C=O) groups is 2. The SMILES string of the molecule is CCC/C=N\NC(=O)CCC(=O)N/N=C\CCC. The monoisotopic (exact) mass is 254 g/mol. The number of rotatable bonds is 9. The van der Waals surface area contributed by atoms with E-state index in [0.29, 0.717) is 0 Å². The second-order valence-electron chi connectivity index (χ2n) is 3.77. The van der Waals surface area contributed by atoms with Crippen LogP contribution in [0.15, 0.2) is 10.2 Å². The highest BCUT2D eigenvalue weighted by Crippen LogP contribution is 1.89. The molecule has 0 bridgehead atoms. The Balaban J connectivity index is 3.62. The van der Waals surface area contributed by atoms with Crippen LogP contribution in [-0.4, -0.2) is 24.2 Å². The van der Waals surface area contributed by atoms with Gasteiger partial charge in [-0.25, -0.2) is 10.9 Å². The third-order valence-corrected chi connectivity index (χ3v) is 1.98. The fourth-order valence-corrected chi connectivity index (χ4v) is 0.961. The van der Waals surface area contributed by atoms with Crippen molar-refractivity contribution in [3.8, 4) is 0 Å². The number of nitrogens with zero attached hydrogens (tertiary/aromatic N) is 2. The molecule has 0 aromatic carbocycles. The van der Waals surface area contributed by atoms with E-state index in [1.807, 2.05) is 13.8 Å². The Bertz CT molecular complexity index is 270. The minimum absolute atomic E-state index is 0.110. The van der Waals surface area contributed by atoms with Gasteiger partial charge >= 0.3 is 0 Å². The molecule has 0 unspecified atom stereocenters. The maximum absolute atomic E-state index is 11.2. The van der Waals surface area contributed by atoms with Gasteiger partial charge in [0.05, 0.1) is 0 Å². The van der Waals surface area contributed by atoms with Crippen LogP contribution in [0.3, 0.4) is 0 Å². The van der Waals surface area contributed by atoms with Gasteiger partial charge in [-0.05, 0) is 12.8 Å². The van der Waals surface area contributed by atoms with Gasteiger partial charge in [0.15, 0.2) is 0 Å². The summed E-state index contributed by atoms with van der Waals surface area (Å²) in [7, 11) is 0. The van der Waals surface area contributed by atoms with Crippen molar-refractivity contribution < 1.29 is 9.59 Å². The topological polar surface area (TPSA) is 82.9 Å². The molecule has 0 heterocycles. The van der Waals surface area contributed by atoms with Crippen LogP contribution in [0, 0.1) is 0 Å². The molecular formula is C12H22N4O2. The molecule has 0 aliphatic carbocycles. The molecule has 0 aromatic heterocycles. The third-order valence-electron chi connectivity index (χ3n) is 1.98. The average Bonchev–Trinajstić information content (AvgIpc) is 2.37. The van der Waals surface area contributed by atoms with Crippen LogP contribution in [0.5, 0.6) is 0 Å². The normalized spacial score (nSPS) is 11.0. The van der Waals surface area contributed by atoms with Crippen molar-refractivity contribution in [3.05, 3.63) is 0 Å². The van der Waals surface area contributed by atoms with E-state index in [9.17, 15) is 9.59 Å². The van der Waals surface area contributed by atoms with E-state index in [0.717, 1.165) is 25.7 Å². The summed E-state index contributed by atoms with van der Waals surface area (Å²) in [4.78, 5) is 22.5. The second-order valence-corrected chi connectivity index (χ2v) is 3.77. The number of hydrazone groups is 2. The summed E-state index contributed by atoms with van der Waals surface area (Å²) < 4.78 is 0. The molecule has 0 saturated carbocycles. The lowest BCUT2D eigenvalue weighted by Gasteiger charge is -1.99. The lowest BCUT2D eigenvalue weighted by Crippen LogP contribution is -2.22. The van der Waals surface area contributed by atoms with Crippen LogP contribution in [0.1, 0.15) is 52.4 Å². The van der Waals surface area contributed by atoms with Crippen LogP contribution in [-0.2, 0) is 9.59 Å². The molecule has 0 saturated heterocycles. The Kier molecular flexibility index (Phi) is 10.6. The highest BCUT2D eigenvalue weighted by Gasteiger charge is 2.04. The van der Waals surface area contributed by atoms with Gasteiger partial charge < -0.3 is 0 Å². The van der Waals surface area contributed by atoms with Crippen LogP contribution < -0.4 is 10.9 Å².